The van der Waals surface area contributed by atoms with Gasteiger partial charge < -0.3 is 18.9 Å². The molecule has 0 saturated carbocycles. The minimum atomic E-state index is -4.38. The number of likely N-dealkylation sites (N-methyl/N-ethyl adjacent to an activating group) is 1. The maximum absolute atomic E-state index is 12.7. The molecule has 0 bridgehead atoms. The van der Waals surface area contributed by atoms with Crippen molar-refractivity contribution in [2.75, 3.05) is 47.5 Å². The van der Waals surface area contributed by atoms with Crippen molar-refractivity contribution in [2.24, 2.45) is 0 Å². The molecule has 0 aliphatic rings. The van der Waals surface area contributed by atoms with Crippen LogP contribution in [0.25, 0.3) is 0 Å². The highest BCUT2D eigenvalue weighted by Gasteiger charge is 2.27. The molecule has 1 N–H and O–H groups in total. The molecular weight excluding hydrogens is 750 g/mol. The fourth-order valence-electron chi connectivity index (χ4n) is 6.18. The largest absolute Gasteiger partial charge is 0.472 e. The van der Waals surface area contributed by atoms with Gasteiger partial charge in [0.05, 0.1) is 27.7 Å². The summed E-state index contributed by atoms with van der Waals surface area (Å²) in [5.74, 6) is -0.831. The van der Waals surface area contributed by atoms with Crippen molar-refractivity contribution in [2.45, 2.75) is 200 Å². The molecule has 0 saturated heterocycles. The van der Waals surface area contributed by atoms with Gasteiger partial charge in [0.25, 0.3) is 0 Å². The van der Waals surface area contributed by atoms with E-state index in [0.29, 0.717) is 23.9 Å². The quantitative estimate of drug-likeness (QED) is 0.0213. The van der Waals surface area contributed by atoms with Gasteiger partial charge in [0, 0.05) is 12.8 Å². The van der Waals surface area contributed by atoms with Gasteiger partial charge in [0.2, 0.25) is 0 Å². The molecule has 0 radical (unpaired) electrons. The van der Waals surface area contributed by atoms with E-state index in [1.165, 1.54) is 96.3 Å². The summed E-state index contributed by atoms with van der Waals surface area (Å²) >= 11 is 0. The molecule has 0 spiro atoms. The molecule has 0 aromatic heterocycles. The molecular formula is C48H89NO8P+. The van der Waals surface area contributed by atoms with E-state index in [-0.39, 0.29) is 26.1 Å². The van der Waals surface area contributed by atoms with Crippen LogP contribution in [-0.4, -0.2) is 74.9 Å². The van der Waals surface area contributed by atoms with Crippen LogP contribution >= 0.6 is 7.82 Å². The van der Waals surface area contributed by atoms with E-state index in [2.05, 4.69) is 62.5 Å². The number of unbranched alkanes of at least 4 members (excludes halogenated alkanes) is 20. The van der Waals surface area contributed by atoms with Gasteiger partial charge in [-0.15, -0.1) is 0 Å². The second kappa shape index (κ2) is 40.4. The van der Waals surface area contributed by atoms with Crippen molar-refractivity contribution in [1.29, 1.82) is 0 Å². The lowest BCUT2D eigenvalue weighted by molar-refractivity contribution is -0.870. The molecule has 10 heteroatoms. The van der Waals surface area contributed by atoms with E-state index in [1.807, 2.05) is 21.1 Å². The Bertz CT molecular complexity index is 1130. The highest BCUT2D eigenvalue weighted by Crippen LogP contribution is 2.43. The number of phosphoric acid groups is 1. The first-order chi connectivity index (χ1) is 28.0. The molecule has 0 aliphatic heterocycles. The predicted octanol–water partition coefficient (Wildman–Crippen LogP) is 13.5. The van der Waals surface area contributed by atoms with E-state index in [1.54, 1.807) is 0 Å². The molecule has 338 valence electrons. The fraction of sp³-hybridized carbons (Fsp3) is 0.792. The number of quaternary nitrogens is 1. The van der Waals surface area contributed by atoms with Crippen LogP contribution in [0.5, 0.6) is 0 Å². The molecule has 0 heterocycles. The fourth-order valence-corrected chi connectivity index (χ4v) is 6.92. The molecule has 58 heavy (non-hydrogen) atoms. The topological polar surface area (TPSA) is 108 Å². The maximum Gasteiger partial charge on any atom is 0.472 e. The third-order valence-electron chi connectivity index (χ3n) is 9.84. The third kappa shape index (κ3) is 43.5. The van der Waals surface area contributed by atoms with Crippen molar-refractivity contribution < 1.29 is 42.1 Å². The number of hydrogen-bond acceptors (Lipinski definition) is 7. The molecule has 0 rings (SSSR count). The number of allylic oxidation sites excluding steroid dienone is 8. The summed E-state index contributed by atoms with van der Waals surface area (Å²) < 4.78 is 34.3. The van der Waals surface area contributed by atoms with Crippen molar-refractivity contribution in [3.05, 3.63) is 48.6 Å². The Balaban J connectivity index is 4.37. The molecule has 2 atom stereocenters. The molecule has 0 amide bonds. The van der Waals surface area contributed by atoms with Crippen LogP contribution in [0, 0.1) is 0 Å². The van der Waals surface area contributed by atoms with E-state index < -0.39 is 32.5 Å². The number of esters is 2. The molecule has 1 unspecified atom stereocenters. The predicted molar refractivity (Wildman–Crippen MR) is 243 cm³/mol. The van der Waals surface area contributed by atoms with Crippen LogP contribution in [0.3, 0.4) is 0 Å². The second-order valence-corrected chi connectivity index (χ2v) is 18.2. The van der Waals surface area contributed by atoms with Gasteiger partial charge in [0.15, 0.2) is 6.10 Å². The van der Waals surface area contributed by atoms with Gasteiger partial charge >= 0.3 is 19.8 Å². The van der Waals surface area contributed by atoms with Crippen molar-refractivity contribution in [1.82, 2.24) is 0 Å². The molecule has 0 aliphatic carbocycles. The molecule has 0 fully saturated rings. The van der Waals surface area contributed by atoms with Gasteiger partial charge in [0.1, 0.15) is 19.8 Å². The van der Waals surface area contributed by atoms with Gasteiger partial charge in [-0.1, -0.05) is 178 Å². The first-order valence-corrected chi connectivity index (χ1v) is 24.9. The van der Waals surface area contributed by atoms with Crippen LogP contribution < -0.4 is 0 Å². The van der Waals surface area contributed by atoms with Crippen molar-refractivity contribution in [3.8, 4) is 0 Å². The van der Waals surface area contributed by atoms with Gasteiger partial charge in [-0.25, -0.2) is 4.57 Å². The van der Waals surface area contributed by atoms with Gasteiger partial charge in [-0.05, 0) is 51.4 Å². The number of nitrogens with zero attached hydrogens (tertiary/aromatic N) is 1. The molecule has 0 aromatic rings. The lowest BCUT2D eigenvalue weighted by atomic mass is 10.0. The number of carbonyl (C=O) groups excluding carboxylic acids is 2. The Morgan fingerprint density at radius 1 is 0.534 bits per heavy atom. The number of rotatable bonds is 42. The van der Waals surface area contributed by atoms with Crippen LogP contribution in [0.4, 0.5) is 0 Å². The number of phosphoric ester groups is 1. The smallest absolute Gasteiger partial charge is 0.462 e. The maximum atomic E-state index is 12.7. The molecule has 0 aromatic carbocycles. The highest BCUT2D eigenvalue weighted by molar-refractivity contribution is 7.47. The van der Waals surface area contributed by atoms with Crippen molar-refractivity contribution >= 4 is 19.8 Å². The van der Waals surface area contributed by atoms with Crippen LogP contribution in [0.2, 0.25) is 0 Å². The Morgan fingerprint density at radius 3 is 1.45 bits per heavy atom. The van der Waals surface area contributed by atoms with E-state index in [9.17, 15) is 19.0 Å². The summed E-state index contributed by atoms with van der Waals surface area (Å²) in [5, 5.41) is 0. The summed E-state index contributed by atoms with van der Waals surface area (Å²) in [6.45, 7) is 4.33. The van der Waals surface area contributed by atoms with Gasteiger partial charge in [-0.2, -0.15) is 0 Å². The number of ether oxygens (including phenoxy) is 2. The monoisotopic (exact) mass is 839 g/mol. The van der Waals surface area contributed by atoms with E-state index in [4.69, 9.17) is 18.5 Å². The summed E-state index contributed by atoms with van der Waals surface area (Å²) in [7, 11) is 1.46. The first-order valence-electron chi connectivity index (χ1n) is 23.4. The van der Waals surface area contributed by atoms with Crippen LogP contribution in [-0.2, 0) is 32.7 Å². The summed E-state index contributed by atoms with van der Waals surface area (Å²) in [6, 6.07) is 0. The Morgan fingerprint density at radius 2 is 0.966 bits per heavy atom. The Kier molecular flexibility index (Phi) is 39.0. The zero-order chi connectivity index (χ0) is 42.8. The normalized spacial score (nSPS) is 14.0. The van der Waals surface area contributed by atoms with Crippen LogP contribution in [0.1, 0.15) is 194 Å². The Labute approximate surface area is 356 Å². The minimum absolute atomic E-state index is 0.0261. The average Bonchev–Trinajstić information content (AvgIpc) is 3.17. The summed E-state index contributed by atoms with van der Waals surface area (Å²) in [4.78, 5) is 35.4. The summed E-state index contributed by atoms with van der Waals surface area (Å²) in [6.07, 6.45) is 47.3. The zero-order valence-corrected chi connectivity index (χ0v) is 38.9. The van der Waals surface area contributed by atoms with Crippen LogP contribution in [0.15, 0.2) is 48.6 Å². The van der Waals surface area contributed by atoms with E-state index in [0.717, 1.165) is 57.8 Å². The standard InChI is InChI=1S/C48H88NO8P/c1-6-8-10-12-14-16-18-20-22-24-26-28-30-32-34-36-38-40-47(50)54-44-46(45-56-58(52,53)55-43-42-49(3,4)5)57-48(51)41-39-37-35-33-31-29-27-25-23-21-19-17-15-13-11-9-7-2/h10,12,16,18,22,24,28,30,46H,6-9,11,13-15,17,19-21,23,25-27,29,31-45H2,1-5H3/p+1/b12-10+,18-16+,24-22+,30-28+/t46-/m1/s1. The molecule has 9 nitrogen and oxygen atoms in total. The third-order valence-corrected chi connectivity index (χ3v) is 10.8. The SMILES string of the molecule is CCC/C=C/C/C=C/C/C=C/C/C=C/CCCCCC(=O)OC[C@H](COP(=O)(O)OCC[N+](C)(C)C)OC(=O)CCCCCCCCCCCCCCCCCCC. The second-order valence-electron chi connectivity index (χ2n) is 16.8. The minimum Gasteiger partial charge on any atom is -0.462 e. The lowest BCUT2D eigenvalue weighted by Crippen LogP contribution is -2.37. The van der Waals surface area contributed by atoms with E-state index >= 15 is 0 Å². The zero-order valence-electron chi connectivity index (χ0n) is 38.0. The number of carbonyl (C=O) groups is 2. The lowest BCUT2D eigenvalue weighted by Gasteiger charge is -2.24. The summed E-state index contributed by atoms with van der Waals surface area (Å²) in [5.41, 5.74) is 0. The average molecular weight is 839 g/mol. The number of hydrogen-bond donors (Lipinski definition) is 1. The van der Waals surface area contributed by atoms with Crippen molar-refractivity contribution in [3.63, 3.8) is 0 Å². The highest BCUT2D eigenvalue weighted by atomic mass is 31.2. The Hall–Kier alpha value is -2.03. The first kappa shape index (κ1) is 56.0. The van der Waals surface area contributed by atoms with Gasteiger partial charge in [-0.3, -0.25) is 18.6 Å².